The predicted molar refractivity (Wildman–Crippen MR) is 74.5 cm³/mol. The lowest BCUT2D eigenvalue weighted by atomic mass is 10.2. The van der Waals surface area contributed by atoms with Gasteiger partial charge < -0.3 is 14.9 Å². The highest BCUT2D eigenvalue weighted by atomic mass is 35.5. The molecule has 0 aliphatic heterocycles. The molecule has 7 heteroatoms. The molecule has 0 bridgehead atoms. The van der Waals surface area contributed by atoms with Crippen LogP contribution in [0.5, 0.6) is 0 Å². The molecule has 1 atom stereocenters. The SMILES string of the molecule is CC[C@@H](CO)Nc1nc(-c2cc(Cl)cc(Cl)c2)no1. The van der Waals surface area contributed by atoms with Gasteiger partial charge in [0, 0.05) is 15.6 Å². The molecule has 2 rings (SSSR count). The second-order valence-electron chi connectivity index (χ2n) is 4.01. The Morgan fingerprint density at radius 2 is 2.00 bits per heavy atom. The summed E-state index contributed by atoms with van der Waals surface area (Å²) in [5.74, 6) is 0.389. The van der Waals surface area contributed by atoms with Gasteiger partial charge in [0.2, 0.25) is 5.82 Å². The highest BCUT2D eigenvalue weighted by molar-refractivity contribution is 6.35. The van der Waals surface area contributed by atoms with Crippen molar-refractivity contribution in [2.45, 2.75) is 19.4 Å². The minimum absolute atomic E-state index is 0.00277. The fourth-order valence-electron chi connectivity index (χ4n) is 1.53. The van der Waals surface area contributed by atoms with Crippen LogP contribution in [-0.4, -0.2) is 27.9 Å². The lowest BCUT2D eigenvalue weighted by Gasteiger charge is -2.10. The Bertz CT molecular complexity index is 535. The van der Waals surface area contributed by atoms with Crippen LogP contribution in [0.2, 0.25) is 10.0 Å². The van der Waals surface area contributed by atoms with Crippen LogP contribution < -0.4 is 5.32 Å². The Hall–Kier alpha value is -1.30. The number of aromatic nitrogens is 2. The van der Waals surface area contributed by atoms with Crippen LogP contribution in [0.4, 0.5) is 6.01 Å². The second kappa shape index (κ2) is 6.23. The second-order valence-corrected chi connectivity index (χ2v) is 4.89. The molecule has 5 nitrogen and oxygen atoms in total. The number of anilines is 1. The Morgan fingerprint density at radius 3 is 2.58 bits per heavy atom. The van der Waals surface area contributed by atoms with E-state index in [1.807, 2.05) is 6.92 Å². The number of hydrogen-bond donors (Lipinski definition) is 2. The van der Waals surface area contributed by atoms with Gasteiger partial charge in [-0.1, -0.05) is 35.3 Å². The first kappa shape index (κ1) is 14.1. The van der Waals surface area contributed by atoms with Gasteiger partial charge in [-0.05, 0) is 24.6 Å². The van der Waals surface area contributed by atoms with E-state index in [4.69, 9.17) is 32.8 Å². The molecule has 0 unspecified atom stereocenters. The van der Waals surface area contributed by atoms with Crippen molar-refractivity contribution in [1.82, 2.24) is 10.1 Å². The zero-order chi connectivity index (χ0) is 13.8. The molecule has 1 heterocycles. The summed E-state index contributed by atoms with van der Waals surface area (Å²) < 4.78 is 5.06. The van der Waals surface area contributed by atoms with E-state index in [2.05, 4.69) is 15.5 Å². The molecule has 0 spiro atoms. The standard InChI is InChI=1S/C12H13Cl2N3O2/c1-2-10(6-18)15-12-16-11(17-19-12)7-3-8(13)5-9(14)4-7/h3-5,10,18H,2,6H2,1H3,(H,15,16,17)/t10-/m0/s1. The Balaban J connectivity index is 2.20. The van der Waals surface area contributed by atoms with Gasteiger partial charge in [0.25, 0.3) is 0 Å². The average molecular weight is 302 g/mol. The molecule has 0 radical (unpaired) electrons. The molecule has 0 aliphatic rings. The van der Waals surface area contributed by atoms with Gasteiger partial charge in [0.15, 0.2) is 0 Å². The van der Waals surface area contributed by atoms with Gasteiger partial charge in [-0.15, -0.1) is 0 Å². The molecule has 0 aliphatic carbocycles. The topological polar surface area (TPSA) is 71.2 Å². The van der Waals surface area contributed by atoms with E-state index in [1.165, 1.54) is 0 Å². The molecule has 0 amide bonds. The van der Waals surface area contributed by atoms with Crippen LogP contribution in [-0.2, 0) is 0 Å². The largest absolute Gasteiger partial charge is 0.394 e. The first-order valence-corrected chi connectivity index (χ1v) is 6.55. The quantitative estimate of drug-likeness (QED) is 0.887. The molecule has 0 fully saturated rings. The summed E-state index contributed by atoms with van der Waals surface area (Å²) in [5, 5.41) is 16.9. The first-order valence-electron chi connectivity index (χ1n) is 5.80. The number of aliphatic hydroxyl groups is 1. The minimum Gasteiger partial charge on any atom is -0.394 e. The summed E-state index contributed by atoms with van der Waals surface area (Å²) >= 11 is 11.8. The van der Waals surface area contributed by atoms with Crippen molar-refractivity contribution >= 4 is 29.2 Å². The van der Waals surface area contributed by atoms with Crippen molar-refractivity contribution in [1.29, 1.82) is 0 Å². The van der Waals surface area contributed by atoms with Crippen molar-refractivity contribution in [2.24, 2.45) is 0 Å². The van der Waals surface area contributed by atoms with Gasteiger partial charge in [-0.3, -0.25) is 0 Å². The first-order chi connectivity index (χ1) is 9.12. The zero-order valence-corrected chi connectivity index (χ0v) is 11.7. The van der Waals surface area contributed by atoms with E-state index in [0.29, 0.717) is 21.4 Å². The van der Waals surface area contributed by atoms with Crippen molar-refractivity contribution < 1.29 is 9.63 Å². The van der Waals surface area contributed by atoms with Gasteiger partial charge >= 0.3 is 6.01 Å². The summed E-state index contributed by atoms with van der Waals surface area (Å²) in [7, 11) is 0. The molecule has 0 saturated carbocycles. The van der Waals surface area contributed by atoms with E-state index in [-0.39, 0.29) is 18.7 Å². The fraction of sp³-hybridized carbons (Fsp3) is 0.333. The number of nitrogens with one attached hydrogen (secondary N) is 1. The molecule has 19 heavy (non-hydrogen) atoms. The van der Waals surface area contributed by atoms with Crippen LogP contribution in [0, 0.1) is 0 Å². The molecular weight excluding hydrogens is 289 g/mol. The van der Waals surface area contributed by atoms with Gasteiger partial charge in [-0.25, -0.2) is 0 Å². The van der Waals surface area contributed by atoms with Crippen LogP contribution in [0.15, 0.2) is 22.7 Å². The maximum Gasteiger partial charge on any atom is 0.322 e. The highest BCUT2D eigenvalue weighted by Gasteiger charge is 2.12. The van der Waals surface area contributed by atoms with E-state index in [1.54, 1.807) is 18.2 Å². The summed E-state index contributed by atoms with van der Waals surface area (Å²) in [6, 6.07) is 5.17. The molecule has 2 aromatic rings. The van der Waals surface area contributed by atoms with Crippen molar-refractivity contribution in [2.75, 3.05) is 11.9 Å². The number of benzene rings is 1. The summed E-state index contributed by atoms with van der Waals surface area (Å²) in [5.41, 5.74) is 0.673. The maximum absolute atomic E-state index is 9.10. The number of hydrogen-bond acceptors (Lipinski definition) is 5. The molecule has 2 N–H and O–H groups in total. The summed E-state index contributed by atoms with van der Waals surface area (Å²) in [4.78, 5) is 4.18. The highest BCUT2D eigenvalue weighted by Crippen LogP contribution is 2.26. The average Bonchev–Trinajstić information content (AvgIpc) is 2.83. The van der Waals surface area contributed by atoms with Crippen LogP contribution >= 0.6 is 23.2 Å². The molecule has 102 valence electrons. The summed E-state index contributed by atoms with van der Waals surface area (Å²) in [6.07, 6.45) is 0.747. The number of halogens is 2. The monoisotopic (exact) mass is 301 g/mol. The van der Waals surface area contributed by atoms with Crippen LogP contribution in [0.1, 0.15) is 13.3 Å². The fourth-order valence-corrected chi connectivity index (χ4v) is 2.06. The van der Waals surface area contributed by atoms with E-state index >= 15 is 0 Å². The minimum atomic E-state index is -0.115. The van der Waals surface area contributed by atoms with Crippen molar-refractivity contribution in [3.05, 3.63) is 28.2 Å². The maximum atomic E-state index is 9.10. The lowest BCUT2D eigenvalue weighted by Crippen LogP contribution is -2.22. The predicted octanol–water partition coefficient (Wildman–Crippen LogP) is 3.23. The molecule has 1 aromatic heterocycles. The normalized spacial score (nSPS) is 12.4. The van der Waals surface area contributed by atoms with Gasteiger partial charge in [0.05, 0.1) is 12.6 Å². The van der Waals surface area contributed by atoms with Crippen LogP contribution in [0.25, 0.3) is 11.4 Å². The van der Waals surface area contributed by atoms with Crippen molar-refractivity contribution in [3.8, 4) is 11.4 Å². The number of rotatable bonds is 5. The third kappa shape index (κ3) is 3.59. The third-order valence-corrected chi connectivity index (χ3v) is 3.02. The van der Waals surface area contributed by atoms with E-state index in [0.717, 1.165) is 6.42 Å². The van der Waals surface area contributed by atoms with Crippen molar-refractivity contribution in [3.63, 3.8) is 0 Å². The molecule has 1 aromatic carbocycles. The number of nitrogens with zero attached hydrogens (tertiary/aromatic N) is 2. The Kier molecular flexibility index (Phi) is 4.63. The number of aliphatic hydroxyl groups excluding tert-OH is 1. The Morgan fingerprint density at radius 1 is 1.32 bits per heavy atom. The third-order valence-electron chi connectivity index (χ3n) is 2.59. The van der Waals surface area contributed by atoms with Gasteiger partial charge in [0.1, 0.15) is 0 Å². The molecular formula is C12H13Cl2N3O2. The van der Waals surface area contributed by atoms with Gasteiger partial charge in [-0.2, -0.15) is 4.98 Å². The summed E-state index contributed by atoms with van der Waals surface area (Å²) in [6.45, 7) is 1.94. The van der Waals surface area contributed by atoms with Crippen LogP contribution in [0.3, 0.4) is 0 Å². The Labute approximate surface area is 120 Å². The molecule has 0 saturated heterocycles. The van der Waals surface area contributed by atoms with E-state index in [9.17, 15) is 0 Å². The van der Waals surface area contributed by atoms with E-state index < -0.39 is 0 Å². The zero-order valence-electron chi connectivity index (χ0n) is 10.2. The smallest absolute Gasteiger partial charge is 0.322 e. The lowest BCUT2D eigenvalue weighted by molar-refractivity contribution is 0.268.